The van der Waals surface area contributed by atoms with Gasteiger partial charge in [-0.1, -0.05) is 25.2 Å². The molecule has 0 saturated heterocycles. The van der Waals surface area contributed by atoms with Gasteiger partial charge in [0.2, 0.25) is 0 Å². The molecule has 0 amide bonds. The Balaban J connectivity index is 2.01. The van der Waals surface area contributed by atoms with E-state index in [1.807, 2.05) is 14.2 Å². The summed E-state index contributed by atoms with van der Waals surface area (Å²) in [5.41, 5.74) is 0. The van der Waals surface area contributed by atoms with Crippen molar-refractivity contribution in [2.45, 2.75) is 55.3 Å². The highest BCUT2D eigenvalue weighted by atomic mass is 32.2. The summed E-state index contributed by atoms with van der Waals surface area (Å²) < 4.78 is 11.5. The lowest BCUT2D eigenvalue weighted by atomic mass is 9.78. The van der Waals surface area contributed by atoms with Gasteiger partial charge >= 0.3 is 0 Å². The van der Waals surface area contributed by atoms with Gasteiger partial charge in [-0.15, -0.1) is 19.7 Å². The maximum atomic E-state index is 5.74. The fourth-order valence-electron chi connectivity index (χ4n) is 4.74. The van der Waals surface area contributed by atoms with Crippen molar-refractivity contribution >= 4 is 11.8 Å². The first-order valence-electron chi connectivity index (χ1n) is 9.16. The summed E-state index contributed by atoms with van der Waals surface area (Å²) in [6.07, 6.45) is 11.5. The summed E-state index contributed by atoms with van der Waals surface area (Å²) in [5, 5.41) is 1.35. The van der Waals surface area contributed by atoms with Gasteiger partial charge in [-0.05, 0) is 31.6 Å². The number of methoxy groups -OCH3 is 2. The molecule has 2 fully saturated rings. The average molecular weight is 351 g/mol. The number of thioether (sulfide) groups is 1. The molecule has 0 spiro atoms. The van der Waals surface area contributed by atoms with Crippen molar-refractivity contribution in [2.75, 3.05) is 14.2 Å². The lowest BCUT2D eigenvalue weighted by molar-refractivity contribution is 0.00413. The van der Waals surface area contributed by atoms with E-state index < -0.39 is 0 Å². The monoisotopic (exact) mass is 350 g/mol. The standard InChI is InChI=1S/C21H34O2S/c1-7-15-11-18(10-14(4)20(15)22-5)24-19-12-16(8-2)21(23-6)17(9-3)13-19/h7-9,14-21H,1-3,10-13H2,4-6H3. The highest BCUT2D eigenvalue weighted by Gasteiger charge is 2.39. The van der Waals surface area contributed by atoms with E-state index in [0.717, 1.165) is 12.8 Å². The minimum Gasteiger partial charge on any atom is -0.381 e. The fourth-order valence-corrected chi connectivity index (χ4v) is 6.69. The fraction of sp³-hybridized carbons (Fsp3) is 0.714. The molecule has 24 heavy (non-hydrogen) atoms. The van der Waals surface area contributed by atoms with Gasteiger partial charge in [-0.2, -0.15) is 11.8 Å². The van der Waals surface area contributed by atoms with Crippen molar-refractivity contribution in [3.63, 3.8) is 0 Å². The molecule has 0 aromatic heterocycles. The summed E-state index contributed by atoms with van der Waals surface area (Å²) in [6.45, 7) is 14.4. The van der Waals surface area contributed by atoms with Gasteiger partial charge in [0.25, 0.3) is 0 Å². The van der Waals surface area contributed by atoms with E-state index in [4.69, 9.17) is 9.47 Å². The van der Waals surface area contributed by atoms with Crippen molar-refractivity contribution in [3.8, 4) is 0 Å². The third-order valence-electron chi connectivity index (χ3n) is 5.90. The second-order valence-electron chi connectivity index (χ2n) is 7.40. The van der Waals surface area contributed by atoms with Crippen LogP contribution in [0.15, 0.2) is 38.0 Å². The zero-order valence-corrected chi connectivity index (χ0v) is 16.3. The largest absolute Gasteiger partial charge is 0.381 e. The third kappa shape index (κ3) is 4.36. The van der Waals surface area contributed by atoms with Gasteiger partial charge in [-0.3, -0.25) is 0 Å². The summed E-state index contributed by atoms with van der Waals surface area (Å²) in [4.78, 5) is 0. The molecule has 0 aromatic rings. The Kier molecular flexibility index (Phi) is 7.64. The SMILES string of the molecule is C=CC1CC(SC2CC(C=C)C(OC)C(C=C)C2)CC(C)C1OC. The molecule has 3 heteroatoms. The summed E-state index contributed by atoms with van der Waals surface area (Å²) in [7, 11) is 3.65. The lowest BCUT2D eigenvalue weighted by Crippen LogP contribution is -2.41. The van der Waals surface area contributed by atoms with Gasteiger partial charge in [0.15, 0.2) is 0 Å². The lowest BCUT2D eigenvalue weighted by Gasteiger charge is -2.42. The molecule has 0 heterocycles. The molecule has 2 aliphatic carbocycles. The predicted molar refractivity (Wildman–Crippen MR) is 105 cm³/mol. The van der Waals surface area contributed by atoms with Crippen LogP contribution >= 0.6 is 11.8 Å². The van der Waals surface area contributed by atoms with Crippen LogP contribution in [0.25, 0.3) is 0 Å². The Morgan fingerprint density at radius 2 is 1.17 bits per heavy atom. The Hall–Kier alpha value is -0.510. The second-order valence-corrected chi connectivity index (χ2v) is 9.00. The zero-order valence-electron chi connectivity index (χ0n) is 15.5. The molecule has 136 valence electrons. The predicted octanol–water partition coefficient (Wildman–Crippen LogP) is 5.12. The van der Waals surface area contributed by atoms with Crippen molar-refractivity contribution in [1.82, 2.24) is 0 Å². The van der Waals surface area contributed by atoms with E-state index in [-0.39, 0.29) is 6.10 Å². The molecule has 0 aliphatic heterocycles. The molecule has 0 aromatic carbocycles. The maximum Gasteiger partial charge on any atom is 0.0696 e. The van der Waals surface area contributed by atoms with Crippen LogP contribution in [0.1, 0.15) is 32.6 Å². The maximum absolute atomic E-state index is 5.74. The number of ether oxygens (including phenoxy) is 2. The summed E-state index contributed by atoms with van der Waals surface area (Å²) in [6, 6.07) is 0. The van der Waals surface area contributed by atoms with Gasteiger partial charge in [0.05, 0.1) is 12.2 Å². The molecule has 2 rings (SSSR count). The second kappa shape index (κ2) is 9.26. The number of hydrogen-bond donors (Lipinski definition) is 0. The Morgan fingerprint density at radius 3 is 1.58 bits per heavy atom. The third-order valence-corrected chi connectivity index (χ3v) is 7.44. The first-order valence-corrected chi connectivity index (χ1v) is 10.1. The van der Waals surface area contributed by atoms with Crippen LogP contribution in [0.3, 0.4) is 0 Å². The average Bonchev–Trinajstić information content (AvgIpc) is 2.60. The number of rotatable bonds is 7. The Labute approximate surface area is 152 Å². The quantitative estimate of drug-likeness (QED) is 0.594. The molecule has 2 saturated carbocycles. The van der Waals surface area contributed by atoms with Crippen molar-refractivity contribution in [3.05, 3.63) is 38.0 Å². The van der Waals surface area contributed by atoms with E-state index in [1.165, 1.54) is 12.8 Å². The molecule has 0 bridgehead atoms. The van der Waals surface area contributed by atoms with E-state index in [2.05, 4.69) is 56.7 Å². The van der Waals surface area contributed by atoms with Gasteiger partial charge in [-0.25, -0.2) is 0 Å². The molecule has 2 nitrogen and oxygen atoms in total. The topological polar surface area (TPSA) is 18.5 Å². The van der Waals surface area contributed by atoms with E-state index in [0.29, 0.717) is 40.3 Å². The van der Waals surface area contributed by atoms with Crippen LogP contribution in [-0.2, 0) is 9.47 Å². The molecule has 0 N–H and O–H groups in total. The van der Waals surface area contributed by atoms with Crippen molar-refractivity contribution in [2.24, 2.45) is 23.7 Å². The molecule has 0 radical (unpaired) electrons. The first-order chi connectivity index (χ1) is 11.6. The van der Waals surface area contributed by atoms with Gasteiger partial charge < -0.3 is 9.47 Å². The Morgan fingerprint density at radius 1 is 0.750 bits per heavy atom. The van der Waals surface area contributed by atoms with Crippen LogP contribution < -0.4 is 0 Å². The van der Waals surface area contributed by atoms with Crippen LogP contribution in [0.2, 0.25) is 0 Å². The smallest absolute Gasteiger partial charge is 0.0696 e. The summed E-state index contributed by atoms with van der Waals surface area (Å²) >= 11 is 2.17. The van der Waals surface area contributed by atoms with E-state index >= 15 is 0 Å². The molecular formula is C21H34O2S. The van der Waals surface area contributed by atoms with E-state index in [1.54, 1.807) is 0 Å². The normalized spacial score (nSPS) is 43.1. The minimum atomic E-state index is 0.237. The van der Waals surface area contributed by atoms with Gasteiger partial charge in [0, 0.05) is 42.5 Å². The minimum absolute atomic E-state index is 0.237. The zero-order chi connectivity index (χ0) is 17.7. The van der Waals surface area contributed by atoms with Crippen LogP contribution in [0.4, 0.5) is 0 Å². The van der Waals surface area contributed by atoms with Gasteiger partial charge in [0.1, 0.15) is 0 Å². The van der Waals surface area contributed by atoms with Crippen LogP contribution in [0.5, 0.6) is 0 Å². The molecule has 2 aliphatic rings. The molecule has 6 unspecified atom stereocenters. The van der Waals surface area contributed by atoms with Crippen LogP contribution in [0, 0.1) is 23.7 Å². The van der Waals surface area contributed by atoms with Crippen LogP contribution in [-0.4, -0.2) is 36.9 Å². The van der Waals surface area contributed by atoms with Crippen molar-refractivity contribution < 1.29 is 9.47 Å². The first kappa shape index (κ1) is 19.8. The highest BCUT2D eigenvalue weighted by Crippen LogP contribution is 2.45. The Bertz CT molecular complexity index is 418. The van der Waals surface area contributed by atoms with E-state index in [9.17, 15) is 0 Å². The molecular weight excluding hydrogens is 316 g/mol. The summed E-state index contributed by atoms with van der Waals surface area (Å²) in [5.74, 6) is 1.90. The molecule has 6 atom stereocenters. The number of hydrogen-bond acceptors (Lipinski definition) is 3. The van der Waals surface area contributed by atoms with Crippen molar-refractivity contribution in [1.29, 1.82) is 0 Å². The highest BCUT2D eigenvalue weighted by molar-refractivity contribution is 8.00.